The van der Waals surface area contributed by atoms with E-state index in [4.69, 9.17) is 0 Å². The Morgan fingerprint density at radius 1 is 1.21 bits per heavy atom. The summed E-state index contributed by atoms with van der Waals surface area (Å²) in [5.41, 5.74) is -0.838. The van der Waals surface area contributed by atoms with E-state index in [0.29, 0.717) is 0 Å². The average Bonchev–Trinajstić information content (AvgIpc) is 2.42. The molecule has 0 amide bonds. The van der Waals surface area contributed by atoms with Crippen LogP contribution in [0.25, 0.3) is 0 Å². The summed E-state index contributed by atoms with van der Waals surface area (Å²) in [5.74, 6) is 0. The van der Waals surface area contributed by atoms with Crippen LogP contribution in [0.1, 0.15) is 41.5 Å². The van der Waals surface area contributed by atoms with Gasteiger partial charge in [0.1, 0.15) is 5.67 Å². The van der Waals surface area contributed by atoms with Gasteiger partial charge in [0, 0.05) is 0 Å². The number of halogens is 1. The van der Waals surface area contributed by atoms with Crippen molar-refractivity contribution in [2.24, 2.45) is 5.41 Å². The molecule has 0 aromatic rings. The van der Waals surface area contributed by atoms with E-state index in [9.17, 15) is 4.39 Å². The van der Waals surface area contributed by atoms with E-state index in [1.165, 1.54) is 19.1 Å². The summed E-state index contributed by atoms with van der Waals surface area (Å²) in [6, 6.07) is 0. The summed E-state index contributed by atoms with van der Waals surface area (Å²) in [4.78, 5) is 0. The van der Waals surface area contributed by atoms with E-state index in [-0.39, 0.29) is 51.4 Å². The van der Waals surface area contributed by atoms with E-state index >= 15 is 0 Å². The van der Waals surface area contributed by atoms with Crippen LogP contribution < -0.4 is 51.4 Å². The number of hydrogen-bond acceptors (Lipinski definition) is 0. The second-order valence-electron chi connectivity index (χ2n) is 4.60. The fourth-order valence-corrected chi connectivity index (χ4v) is 1.11. The molecule has 0 aromatic heterocycles. The zero-order valence-corrected chi connectivity index (χ0v) is 16.9. The van der Waals surface area contributed by atoms with Crippen molar-refractivity contribution in [2.45, 2.75) is 47.2 Å². The predicted octanol–water partition coefficient (Wildman–Crippen LogP) is 2.70. The minimum atomic E-state index is -1.36. The van der Waals surface area contributed by atoms with Crippen LogP contribution >= 0.6 is 0 Å². The smallest absolute Gasteiger partial charge is 0.363 e. The summed E-state index contributed by atoms with van der Waals surface area (Å²) in [7, 11) is 0. The maximum Gasteiger partial charge on any atom is 1.00 e. The molecule has 0 saturated carbocycles. The van der Waals surface area contributed by atoms with Gasteiger partial charge in [0.2, 0.25) is 0 Å². The van der Waals surface area contributed by atoms with Crippen LogP contribution in [0.2, 0.25) is 0 Å². The molecule has 19 heavy (non-hydrogen) atoms. The normalized spacial score (nSPS) is 20.8. The maximum atomic E-state index is 13.4. The third-order valence-electron chi connectivity index (χ3n) is 1.98. The molecule has 0 N–H and O–H groups in total. The second kappa shape index (κ2) is 12.5. The summed E-state index contributed by atoms with van der Waals surface area (Å²) >= 11 is 0. The first kappa shape index (κ1) is 24.8. The van der Waals surface area contributed by atoms with Crippen molar-refractivity contribution in [3.63, 3.8) is 0 Å². The number of rotatable bonds is 1. The first-order valence-electron chi connectivity index (χ1n) is 6.46. The maximum absolute atomic E-state index is 13.4. The van der Waals surface area contributed by atoms with Crippen LogP contribution in [0.3, 0.4) is 0 Å². The van der Waals surface area contributed by atoms with Gasteiger partial charge in [-0.25, -0.2) is 4.39 Å². The van der Waals surface area contributed by atoms with Gasteiger partial charge in [0.15, 0.2) is 0 Å². The van der Waals surface area contributed by atoms with Crippen LogP contribution in [0.15, 0.2) is 36.0 Å². The van der Waals surface area contributed by atoms with E-state index < -0.39 is 11.1 Å². The van der Waals surface area contributed by atoms with E-state index in [1.807, 2.05) is 47.1 Å². The molecule has 0 spiro atoms. The average molecular weight is 291 g/mol. The number of alkyl halides is 1. The Kier molecular flexibility index (Phi) is 16.3. The van der Waals surface area contributed by atoms with Gasteiger partial charge >= 0.3 is 51.4 Å². The molecule has 0 saturated heterocycles. The molecule has 1 aliphatic carbocycles. The van der Waals surface area contributed by atoms with E-state index in [2.05, 4.69) is 13.8 Å². The molecule has 2 heteroatoms. The van der Waals surface area contributed by atoms with Gasteiger partial charge < -0.3 is 20.3 Å². The summed E-state index contributed by atoms with van der Waals surface area (Å²) < 4.78 is 13.4. The zero-order chi connectivity index (χ0) is 14.8. The number of hydrogen-bond donors (Lipinski definition) is 0. The molecular formula is C17H28FK-2. The zero-order valence-electron chi connectivity index (χ0n) is 13.8. The van der Waals surface area contributed by atoms with Gasteiger partial charge in [-0.1, -0.05) is 32.1 Å². The van der Waals surface area contributed by atoms with Crippen molar-refractivity contribution < 1.29 is 55.8 Å². The second-order valence-corrected chi connectivity index (χ2v) is 4.60. The van der Waals surface area contributed by atoms with Gasteiger partial charge in [-0.2, -0.15) is 13.8 Å². The van der Waals surface area contributed by atoms with Gasteiger partial charge in [0.25, 0.3) is 0 Å². The molecule has 0 aliphatic heterocycles. The molecule has 1 atom stereocenters. The van der Waals surface area contributed by atoms with Gasteiger partial charge in [0.05, 0.1) is 0 Å². The SMILES string of the molecule is CC.C[CH-]C.[CH2-]C([CH2-])(C)C1=CC=CC(C)(F)C=C1.[K+]. The Labute approximate surface area is 163 Å². The van der Waals surface area contributed by atoms with Gasteiger partial charge in [-0.05, 0) is 19.1 Å². The minimum Gasteiger partial charge on any atom is -0.363 e. The predicted molar refractivity (Wildman–Crippen MR) is 81.7 cm³/mol. The molecular weight excluding hydrogens is 262 g/mol. The van der Waals surface area contributed by atoms with E-state index in [0.717, 1.165) is 5.57 Å². The molecule has 0 fully saturated rings. The van der Waals surface area contributed by atoms with Crippen LogP contribution in [0.4, 0.5) is 4.39 Å². The van der Waals surface area contributed by atoms with Crippen molar-refractivity contribution >= 4 is 0 Å². The van der Waals surface area contributed by atoms with Crippen molar-refractivity contribution in [3.05, 3.63) is 56.2 Å². The van der Waals surface area contributed by atoms with Gasteiger partial charge in [-0.3, -0.25) is 5.41 Å². The quantitative estimate of drug-likeness (QED) is 0.514. The van der Waals surface area contributed by atoms with Crippen molar-refractivity contribution in [1.82, 2.24) is 0 Å². The molecule has 1 rings (SSSR count). The summed E-state index contributed by atoms with van der Waals surface area (Å²) in [6.07, 6.45) is 10.4. The first-order chi connectivity index (χ1) is 8.23. The Hall–Kier alpha value is 0.786. The third-order valence-corrected chi connectivity index (χ3v) is 1.98. The Morgan fingerprint density at radius 3 is 2.00 bits per heavy atom. The summed E-state index contributed by atoms with van der Waals surface area (Å²) in [5, 5.41) is 0. The fraction of sp³-hybridized carbons (Fsp3) is 0.471. The largest absolute Gasteiger partial charge is 1.00 e. The topological polar surface area (TPSA) is 0 Å². The van der Waals surface area contributed by atoms with Crippen LogP contribution in [0.5, 0.6) is 0 Å². The Bertz CT molecular complexity index is 291. The monoisotopic (exact) mass is 290 g/mol. The summed E-state index contributed by atoms with van der Waals surface area (Å²) in [6.45, 7) is 19.2. The molecule has 0 radical (unpaired) electrons. The molecule has 0 nitrogen and oxygen atoms in total. The van der Waals surface area contributed by atoms with Gasteiger partial charge in [-0.15, -0.1) is 12.5 Å². The molecule has 0 bridgehead atoms. The number of allylic oxidation sites excluding steroid dienone is 6. The Balaban J connectivity index is -0.000000376. The molecule has 0 aromatic carbocycles. The molecule has 1 unspecified atom stereocenters. The van der Waals surface area contributed by atoms with Crippen molar-refractivity contribution in [3.8, 4) is 0 Å². The van der Waals surface area contributed by atoms with Crippen LogP contribution in [-0.2, 0) is 0 Å². The Morgan fingerprint density at radius 2 is 1.63 bits per heavy atom. The van der Waals surface area contributed by atoms with E-state index in [1.54, 1.807) is 12.2 Å². The van der Waals surface area contributed by atoms with Crippen molar-refractivity contribution in [2.75, 3.05) is 0 Å². The first-order valence-corrected chi connectivity index (χ1v) is 6.46. The van der Waals surface area contributed by atoms with Crippen molar-refractivity contribution in [1.29, 1.82) is 0 Å². The standard InChI is InChI=1S/C12H15F.C3H7.C2H6.K/c1-11(2,3)10-6-5-8-12(4,13)9-7-10;1-3-2;1-2;/h5-9H,1-2H2,3-4H3;3H,1-2H3;1-2H3;/q-2;-1;;+1. The molecule has 106 valence electrons. The minimum absolute atomic E-state index is 0. The van der Waals surface area contributed by atoms with Crippen LogP contribution in [-0.4, -0.2) is 5.67 Å². The third kappa shape index (κ3) is 13.5. The fourth-order valence-electron chi connectivity index (χ4n) is 1.11. The molecule has 1 aliphatic rings. The molecule has 0 heterocycles. The van der Waals surface area contributed by atoms with Crippen LogP contribution in [0, 0.1) is 25.7 Å².